The van der Waals surface area contributed by atoms with E-state index in [1.165, 1.54) is 0 Å². The topological polar surface area (TPSA) is 72.6 Å². The normalized spacial score (nSPS) is 14.5. The highest BCUT2D eigenvalue weighted by Crippen LogP contribution is 2.35. The molecule has 7 nitrogen and oxygen atoms in total. The van der Waals surface area contributed by atoms with Gasteiger partial charge in [-0.3, -0.25) is 4.57 Å². The number of fused-ring (bicyclic) bond motifs is 4. The molecular formula is C38H27N7. The minimum Gasteiger partial charge on any atom is -0.306 e. The van der Waals surface area contributed by atoms with Gasteiger partial charge in [0.2, 0.25) is 11.9 Å². The first-order chi connectivity index (χ1) is 22.2. The van der Waals surface area contributed by atoms with Gasteiger partial charge >= 0.3 is 0 Å². The lowest BCUT2D eigenvalue weighted by atomic mass is 10.0. The fraction of sp³-hybridized carbons (Fsp3) is 0.0263. The van der Waals surface area contributed by atoms with Crippen LogP contribution in [0.5, 0.6) is 0 Å². The lowest BCUT2D eigenvalue weighted by Gasteiger charge is -2.25. The zero-order valence-corrected chi connectivity index (χ0v) is 24.3. The van der Waals surface area contributed by atoms with Gasteiger partial charge < -0.3 is 4.90 Å². The van der Waals surface area contributed by atoms with E-state index >= 15 is 0 Å². The Labute approximate surface area is 260 Å². The molecule has 0 radical (unpaired) electrons. The number of para-hydroxylation sites is 3. The largest absolute Gasteiger partial charge is 0.306 e. The van der Waals surface area contributed by atoms with Gasteiger partial charge in [0.05, 0.1) is 22.3 Å². The van der Waals surface area contributed by atoms with Crippen LogP contribution in [-0.2, 0) is 0 Å². The maximum absolute atomic E-state index is 5.16. The first-order valence-electron chi connectivity index (χ1n) is 14.8. The van der Waals surface area contributed by atoms with Crippen LogP contribution >= 0.6 is 0 Å². The van der Waals surface area contributed by atoms with Gasteiger partial charge in [0.1, 0.15) is 0 Å². The molecule has 0 saturated carbocycles. The fourth-order valence-electron chi connectivity index (χ4n) is 5.80. The SMILES string of the molecule is C=C1/C=C\C=C/CN(c2nc(-c3cnc(-c4ccccc4)nc3)nc(-n3c4ccccc4c4ccccc43)n2)c2ccccc21. The maximum Gasteiger partial charge on any atom is 0.240 e. The summed E-state index contributed by atoms with van der Waals surface area (Å²) >= 11 is 0. The summed E-state index contributed by atoms with van der Waals surface area (Å²) in [7, 11) is 0. The van der Waals surface area contributed by atoms with E-state index in [0.29, 0.717) is 35.7 Å². The summed E-state index contributed by atoms with van der Waals surface area (Å²) in [6, 6.07) is 34.8. The molecule has 7 aromatic rings. The molecule has 1 aliphatic rings. The van der Waals surface area contributed by atoms with Crippen molar-refractivity contribution in [3.63, 3.8) is 0 Å². The Morgan fingerprint density at radius 2 is 1.22 bits per heavy atom. The Morgan fingerprint density at radius 1 is 0.578 bits per heavy atom. The fourth-order valence-corrected chi connectivity index (χ4v) is 5.80. The van der Waals surface area contributed by atoms with Crippen LogP contribution in [0.15, 0.2) is 146 Å². The minimum absolute atomic E-state index is 0.481. The summed E-state index contributed by atoms with van der Waals surface area (Å²) in [5, 5.41) is 2.26. The second-order valence-electron chi connectivity index (χ2n) is 10.7. The van der Waals surface area contributed by atoms with Crippen molar-refractivity contribution in [2.75, 3.05) is 11.4 Å². The summed E-state index contributed by atoms with van der Waals surface area (Å²) in [4.78, 5) is 26.7. The smallest absolute Gasteiger partial charge is 0.240 e. The molecule has 45 heavy (non-hydrogen) atoms. The number of aromatic nitrogens is 6. The molecule has 0 saturated heterocycles. The molecule has 1 aliphatic heterocycles. The number of nitrogens with zero attached hydrogens (tertiary/aromatic N) is 7. The van der Waals surface area contributed by atoms with Gasteiger partial charge in [-0.2, -0.15) is 15.0 Å². The third kappa shape index (κ3) is 4.77. The standard InChI is InChI=1S/C38H27N7/c1-26-14-4-3-13-23-44(32-20-10-7-17-29(26)32)37-41-36(28-24-39-35(40-25-28)27-15-5-2-6-16-27)42-38(43-37)45-33-21-11-8-18-30(33)31-19-9-12-22-34(31)45/h2-22,24-25H,1,23H2/b13-3-,14-4-. The summed E-state index contributed by atoms with van der Waals surface area (Å²) in [5.74, 6) is 2.14. The van der Waals surface area contributed by atoms with Crippen molar-refractivity contribution in [1.82, 2.24) is 29.5 Å². The van der Waals surface area contributed by atoms with Gasteiger partial charge in [0.15, 0.2) is 11.6 Å². The van der Waals surface area contributed by atoms with Crippen LogP contribution in [0.25, 0.3) is 56.1 Å². The van der Waals surface area contributed by atoms with E-state index in [4.69, 9.17) is 15.0 Å². The average Bonchev–Trinajstić information content (AvgIpc) is 3.47. The van der Waals surface area contributed by atoms with Crippen LogP contribution in [0, 0.1) is 0 Å². The van der Waals surface area contributed by atoms with Crippen LogP contribution in [0.2, 0.25) is 0 Å². The van der Waals surface area contributed by atoms with Crippen molar-refractivity contribution >= 4 is 39.0 Å². The van der Waals surface area contributed by atoms with Crippen molar-refractivity contribution in [2.24, 2.45) is 0 Å². The highest BCUT2D eigenvalue weighted by molar-refractivity contribution is 6.09. The number of rotatable bonds is 4. The number of benzene rings is 4. The highest BCUT2D eigenvalue weighted by atomic mass is 15.3. The van der Waals surface area contributed by atoms with E-state index in [9.17, 15) is 0 Å². The van der Waals surface area contributed by atoms with Crippen molar-refractivity contribution in [2.45, 2.75) is 0 Å². The summed E-state index contributed by atoms with van der Waals surface area (Å²) in [6.45, 7) is 4.88. The van der Waals surface area contributed by atoms with E-state index in [1.807, 2.05) is 72.8 Å². The van der Waals surface area contributed by atoms with E-state index in [2.05, 4.69) is 80.6 Å². The predicted molar refractivity (Wildman–Crippen MR) is 181 cm³/mol. The third-order valence-electron chi connectivity index (χ3n) is 7.95. The first kappa shape index (κ1) is 26.4. The van der Waals surface area contributed by atoms with Gasteiger partial charge in [-0.1, -0.05) is 116 Å². The molecule has 0 spiro atoms. The van der Waals surface area contributed by atoms with Gasteiger partial charge in [-0.05, 0) is 23.8 Å². The monoisotopic (exact) mass is 581 g/mol. The molecular weight excluding hydrogens is 554 g/mol. The summed E-state index contributed by atoms with van der Waals surface area (Å²) < 4.78 is 2.11. The molecule has 4 aromatic carbocycles. The molecule has 214 valence electrons. The first-order valence-corrected chi connectivity index (χ1v) is 14.8. The molecule has 0 N–H and O–H groups in total. The van der Waals surface area contributed by atoms with Crippen molar-refractivity contribution in [1.29, 1.82) is 0 Å². The quantitative estimate of drug-likeness (QED) is 0.208. The van der Waals surface area contributed by atoms with E-state index < -0.39 is 0 Å². The highest BCUT2D eigenvalue weighted by Gasteiger charge is 2.22. The van der Waals surface area contributed by atoms with Crippen LogP contribution in [-0.4, -0.2) is 36.0 Å². The lowest BCUT2D eigenvalue weighted by molar-refractivity contribution is 0.903. The maximum atomic E-state index is 5.16. The zero-order chi connectivity index (χ0) is 30.2. The van der Waals surface area contributed by atoms with Crippen LogP contribution in [0.4, 0.5) is 11.6 Å². The van der Waals surface area contributed by atoms with Crippen molar-refractivity contribution in [3.8, 4) is 28.7 Å². The van der Waals surface area contributed by atoms with Crippen molar-refractivity contribution in [3.05, 3.63) is 152 Å². The van der Waals surface area contributed by atoms with E-state index in [0.717, 1.165) is 44.2 Å². The minimum atomic E-state index is 0.481. The zero-order valence-electron chi connectivity index (χ0n) is 24.3. The molecule has 0 fully saturated rings. The van der Waals surface area contributed by atoms with Gasteiger partial charge in [0.25, 0.3) is 0 Å². The molecule has 0 aliphatic carbocycles. The van der Waals surface area contributed by atoms with Crippen LogP contribution < -0.4 is 4.90 Å². The molecule has 7 heteroatoms. The van der Waals surface area contributed by atoms with Crippen LogP contribution in [0.3, 0.4) is 0 Å². The number of anilines is 2. The van der Waals surface area contributed by atoms with E-state index in [-0.39, 0.29) is 0 Å². The molecule has 3 aromatic heterocycles. The average molecular weight is 582 g/mol. The number of hydrogen-bond donors (Lipinski definition) is 0. The molecule has 0 bridgehead atoms. The molecule has 0 unspecified atom stereocenters. The molecule has 8 rings (SSSR count). The second kappa shape index (κ2) is 11.1. The molecule has 0 amide bonds. The Balaban J connectivity index is 1.37. The predicted octanol–water partition coefficient (Wildman–Crippen LogP) is 8.37. The Bertz CT molecular complexity index is 2210. The number of allylic oxidation sites excluding steroid dienone is 4. The Morgan fingerprint density at radius 3 is 1.98 bits per heavy atom. The number of hydrogen-bond acceptors (Lipinski definition) is 6. The Hall–Kier alpha value is -6.21. The van der Waals surface area contributed by atoms with Gasteiger partial charge in [-0.15, -0.1) is 0 Å². The molecule has 4 heterocycles. The third-order valence-corrected chi connectivity index (χ3v) is 7.95. The van der Waals surface area contributed by atoms with E-state index in [1.54, 1.807) is 12.4 Å². The van der Waals surface area contributed by atoms with Gasteiger partial charge in [-0.25, -0.2) is 9.97 Å². The van der Waals surface area contributed by atoms with Crippen molar-refractivity contribution < 1.29 is 0 Å². The molecule has 0 atom stereocenters. The van der Waals surface area contributed by atoms with Crippen LogP contribution in [0.1, 0.15) is 5.56 Å². The lowest BCUT2D eigenvalue weighted by Crippen LogP contribution is -2.22. The Kier molecular flexibility index (Phi) is 6.53. The second-order valence-corrected chi connectivity index (χ2v) is 10.7. The van der Waals surface area contributed by atoms with Gasteiger partial charge in [0, 0.05) is 40.8 Å². The summed E-state index contributed by atoms with van der Waals surface area (Å²) in [5.41, 5.74) is 6.54. The summed E-state index contributed by atoms with van der Waals surface area (Å²) in [6.07, 6.45) is 11.7.